The number of aromatic nitrogens is 1. The fourth-order valence-electron chi connectivity index (χ4n) is 2.77. The summed E-state index contributed by atoms with van der Waals surface area (Å²) in [7, 11) is 0. The lowest BCUT2D eigenvalue weighted by molar-refractivity contribution is 0.0130. The third-order valence-corrected chi connectivity index (χ3v) is 4.47. The zero-order valence-electron chi connectivity index (χ0n) is 14.8. The van der Waals surface area contributed by atoms with Crippen LogP contribution in [0.15, 0.2) is 23.4 Å². The summed E-state index contributed by atoms with van der Waals surface area (Å²) in [5, 5.41) is 11.1. The van der Waals surface area contributed by atoms with Crippen LogP contribution in [0.4, 0.5) is 10.5 Å². The Kier molecular flexibility index (Phi) is 5.60. The maximum atomic E-state index is 12.4. The predicted molar refractivity (Wildman–Crippen MR) is 94.9 cm³/mol. The molecule has 1 aromatic rings. The summed E-state index contributed by atoms with van der Waals surface area (Å²) in [5.74, 6) is 0. The van der Waals surface area contributed by atoms with Crippen LogP contribution in [0.2, 0.25) is 0 Å². The fraction of sp³-hybridized carbons (Fsp3) is 0.588. The van der Waals surface area contributed by atoms with Gasteiger partial charge in [-0.2, -0.15) is 5.26 Å². The minimum Gasteiger partial charge on any atom is -0.444 e. The third kappa shape index (κ3) is 4.32. The van der Waals surface area contributed by atoms with E-state index < -0.39 is 5.60 Å². The van der Waals surface area contributed by atoms with Crippen LogP contribution in [0.25, 0.3) is 0 Å². The van der Waals surface area contributed by atoms with Gasteiger partial charge in [-0.3, -0.25) is 4.98 Å². The standard InChI is InChI=1S/C17H24N4O2S/c1-12-10-21(16(22)23-17(3,4)5)13(2)9-20(12)14-6-7-19-8-15(14)24-11-18/h6-8,12-13H,9-10H2,1-5H3/t12-,13+/m0/s1. The lowest BCUT2D eigenvalue weighted by Gasteiger charge is -2.45. The van der Waals surface area contributed by atoms with Gasteiger partial charge < -0.3 is 14.5 Å². The number of rotatable bonds is 2. The van der Waals surface area contributed by atoms with E-state index in [2.05, 4.69) is 22.2 Å². The quantitative estimate of drug-likeness (QED) is 0.602. The number of amides is 1. The molecule has 0 unspecified atom stereocenters. The van der Waals surface area contributed by atoms with Gasteiger partial charge in [0.2, 0.25) is 0 Å². The Hall–Kier alpha value is -1.94. The smallest absolute Gasteiger partial charge is 0.410 e. The van der Waals surface area contributed by atoms with Crippen LogP contribution in [0, 0.1) is 10.7 Å². The van der Waals surface area contributed by atoms with Crippen molar-refractivity contribution in [3.8, 4) is 5.40 Å². The lowest BCUT2D eigenvalue weighted by atomic mass is 10.1. The van der Waals surface area contributed by atoms with E-state index in [1.807, 2.05) is 33.8 Å². The van der Waals surface area contributed by atoms with E-state index in [4.69, 9.17) is 10.00 Å². The molecule has 0 spiro atoms. The highest BCUT2D eigenvalue weighted by atomic mass is 32.2. The first-order valence-electron chi connectivity index (χ1n) is 7.99. The number of hydrogen-bond donors (Lipinski definition) is 0. The maximum absolute atomic E-state index is 12.4. The van der Waals surface area contributed by atoms with Gasteiger partial charge in [-0.25, -0.2) is 4.79 Å². The number of nitrogens with zero attached hydrogens (tertiary/aromatic N) is 4. The van der Waals surface area contributed by atoms with Crippen molar-refractivity contribution in [1.29, 1.82) is 5.26 Å². The molecule has 2 rings (SSSR count). The van der Waals surface area contributed by atoms with E-state index in [1.165, 1.54) is 0 Å². The monoisotopic (exact) mass is 348 g/mol. The van der Waals surface area contributed by atoms with E-state index in [0.717, 1.165) is 22.3 Å². The molecule has 2 heterocycles. The van der Waals surface area contributed by atoms with Crippen molar-refractivity contribution >= 4 is 23.5 Å². The van der Waals surface area contributed by atoms with Crippen LogP contribution >= 0.6 is 11.8 Å². The van der Waals surface area contributed by atoms with Crippen LogP contribution in [0.5, 0.6) is 0 Å². The number of pyridine rings is 1. The van der Waals surface area contributed by atoms with E-state index >= 15 is 0 Å². The molecule has 0 aromatic carbocycles. The molecular weight excluding hydrogens is 324 g/mol. The van der Waals surface area contributed by atoms with Crippen molar-refractivity contribution in [3.63, 3.8) is 0 Å². The SMILES string of the molecule is C[C@@H]1CN(c2ccncc2SC#N)[C@@H](C)CN1C(=O)OC(C)(C)C. The molecule has 0 N–H and O–H groups in total. The summed E-state index contributed by atoms with van der Waals surface area (Å²) in [4.78, 5) is 21.4. The Balaban J connectivity index is 2.17. The molecule has 1 saturated heterocycles. The zero-order chi connectivity index (χ0) is 17.9. The van der Waals surface area contributed by atoms with Gasteiger partial charge in [0, 0.05) is 37.6 Å². The van der Waals surface area contributed by atoms with Crippen LogP contribution in [0.3, 0.4) is 0 Å². The minimum absolute atomic E-state index is 0.0177. The lowest BCUT2D eigenvalue weighted by Crippen LogP contribution is -2.59. The second-order valence-electron chi connectivity index (χ2n) is 7.02. The number of anilines is 1. The summed E-state index contributed by atoms with van der Waals surface area (Å²) in [6.07, 6.45) is 3.16. The number of piperazine rings is 1. The van der Waals surface area contributed by atoms with Crippen LogP contribution < -0.4 is 4.90 Å². The Labute approximate surface area is 147 Å². The summed E-state index contributed by atoms with van der Waals surface area (Å²) in [5.41, 5.74) is 0.485. The van der Waals surface area contributed by atoms with Crippen molar-refractivity contribution in [1.82, 2.24) is 9.88 Å². The molecule has 0 aliphatic carbocycles. The molecule has 2 atom stereocenters. The normalized spacial score (nSPS) is 21.3. The van der Waals surface area contributed by atoms with Gasteiger partial charge >= 0.3 is 6.09 Å². The van der Waals surface area contributed by atoms with Gasteiger partial charge in [0.1, 0.15) is 11.0 Å². The Morgan fingerprint density at radius 2 is 2.08 bits per heavy atom. The van der Waals surface area contributed by atoms with Crippen molar-refractivity contribution < 1.29 is 9.53 Å². The topological polar surface area (TPSA) is 69.5 Å². The highest BCUT2D eigenvalue weighted by molar-refractivity contribution is 8.03. The van der Waals surface area contributed by atoms with Crippen molar-refractivity contribution in [2.75, 3.05) is 18.0 Å². The molecule has 7 heteroatoms. The second kappa shape index (κ2) is 7.31. The van der Waals surface area contributed by atoms with Crippen molar-refractivity contribution in [2.45, 2.75) is 57.2 Å². The summed E-state index contributed by atoms with van der Waals surface area (Å²) in [6.45, 7) is 11.0. The molecule has 1 aliphatic rings. The van der Waals surface area contributed by atoms with Gasteiger partial charge in [0.05, 0.1) is 10.6 Å². The first-order chi connectivity index (χ1) is 11.2. The number of thiocyanates is 1. The highest BCUT2D eigenvalue weighted by Crippen LogP contribution is 2.32. The average molecular weight is 348 g/mol. The van der Waals surface area contributed by atoms with E-state index in [-0.39, 0.29) is 18.2 Å². The molecule has 130 valence electrons. The summed E-state index contributed by atoms with van der Waals surface area (Å²) < 4.78 is 5.51. The van der Waals surface area contributed by atoms with Gasteiger partial charge in [-0.05, 0) is 52.4 Å². The van der Waals surface area contributed by atoms with E-state index in [9.17, 15) is 4.79 Å². The predicted octanol–water partition coefficient (Wildman–Crippen LogP) is 3.49. The van der Waals surface area contributed by atoms with Gasteiger partial charge in [-0.15, -0.1) is 0 Å². The molecule has 0 radical (unpaired) electrons. The summed E-state index contributed by atoms with van der Waals surface area (Å²) >= 11 is 1.11. The van der Waals surface area contributed by atoms with Gasteiger partial charge in [0.15, 0.2) is 0 Å². The van der Waals surface area contributed by atoms with Gasteiger partial charge in [-0.1, -0.05) is 0 Å². The largest absolute Gasteiger partial charge is 0.444 e. The Morgan fingerprint density at radius 3 is 2.71 bits per heavy atom. The molecular formula is C17H24N4O2S. The first-order valence-corrected chi connectivity index (χ1v) is 8.81. The Morgan fingerprint density at radius 1 is 1.38 bits per heavy atom. The van der Waals surface area contributed by atoms with Gasteiger partial charge in [0.25, 0.3) is 0 Å². The average Bonchev–Trinajstić information content (AvgIpc) is 2.48. The number of thioether (sulfide) groups is 1. The molecule has 0 bridgehead atoms. The zero-order valence-corrected chi connectivity index (χ0v) is 15.6. The molecule has 1 amide bonds. The molecule has 24 heavy (non-hydrogen) atoms. The van der Waals surface area contributed by atoms with Crippen LogP contribution in [-0.2, 0) is 4.74 Å². The third-order valence-electron chi connectivity index (χ3n) is 3.84. The van der Waals surface area contributed by atoms with Crippen LogP contribution in [0.1, 0.15) is 34.6 Å². The molecule has 1 aromatic heterocycles. The van der Waals surface area contributed by atoms with Crippen molar-refractivity contribution in [2.24, 2.45) is 0 Å². The number of ether oxygens (including phenoxy) is 1. The van der Waals surface area contributed by atoms with E-state index in [1.54, 1.807) is 17.3 Å². The maximum Gasteiger partial charge on any atom is 0.410 e. The minimum atomic E-state index is -0.501. The number of carbonyl (C=O) groups excluding carboxylic acids is 1. The second-order valence-corrected chi connectivity index (χ2v) is 7.85. The van der Waals surface area contributed by atoms with Crippen LogP contribution in [-0.4, -0.2) is 46.8 Å². The summed E-state index contributed by atoms with van der Waals surface area (Å²) in [6, 6.07) is 2.06. The van der Waals surface area contributed by atoms with Crippen molar-refractivity contribution in [3.05, 3.63) is 18.5 Å². The van der Waals surface area contributed by atoms with E-state index in [0.29, 0.717) is 13.1 Å². The molecule has 1 fully saturated rings. The fourth-order valence-corrected chi connectivity index (χ4v) is 3.28. The molecule has 0 saturated carbocycles. The molecule has 6 nitrogen and oxygen atoms in total. The first kappa shape index (κ1) is 18.4. The number of nitriles is 1. The number of carbonyl (C=O) groups is 1. The Bertz CT molecular complexity index is 638. The number of hydrogen-bond acceptors (Lipinski definition) is 6. The molecule has 1 aliphatic heterocycles. The highest BCUT2D eigenvalue weighted by Gasteiger charge is 2.35.